The fourth-order valence-corrected chi connectivity index (χ4v) is 1.95. The summed E-state index contributed by atoms with van der Waals surface area (Å²) in [6.45, 7) is 5.03. The third-order valence-electron chi connectivity index (χ3n) is 2.96. The Kier molecular flexibility index (Phi) is 5.77. The van der Waals surface area contributed by atoms with Crippen molar-refractivity contribution >= 4 is 17.6 Å². The summed E-state index contributed by atoms with van der Waals surface area (Å²) in [7, 11) is 0. The molecule has 0 radical (unpaired) electrons. The Labute approximate surface area is 134 Å². The van der Waals surface area contributed by atoms with Gasteiger partial charge in [-0.3, -0.25) is 0 Å². The second-order valence-corrected chi connectivity index (χ2v) is 5.75. The average Bonchev–Trinajstić information content (AvgIpc) is 2.93. The molecule has 2 rings (SSSR count). The minimum atomic E-state index is -0.247. The molecule has 0 spiro atoms. The summed E-state index contributed by atoms with van der Waals surface area (Å²) in [6.07, 6.45) is 0.937. The zero-order valence-electron chi connectivity index (χ0n) is 12.6. The number of hydrogen-bond acceptors (Lipinski definition) is 4. The molecular weight excluding hydrogens is 304 g/mol. The summed E-state index contributed by atoms with van der Waals surface area (Å²) >= 11 is 5.92. The van der Waals surface area contributed by atoms with E-state index in [1.165, 1.54) is 0 Å². The number of benzene rings is 1. The maximum Gasteiger partial charge on any atom is 0.315 e. The van der Waals surface area contributed by atoms with Crippen LogP contribution in [-0.4, -0.2) is 22.7 Å². The molecule has 0 aliphatic rings. The van der Waals surface area contributed by atoms with Crippen LogP contribution >= 0.6 is 11.6 Å². The first-order chi connectivity index (χ1) is 10.5. The van der Waals surface area contributed by atoms with Gasteiger partial charge in [0.2, 0.25) is 11.7 Å². The fourth-order valence-electron chi connectivity index (χ4n) is 1.76. The van der Waals surface area contributed by atoms with E-state index in [0.29, 0.717) is 29.2 Å². The van der Waals surface area contributed by atoms with E-state index in [4.69, 9.17) is 16.1 Å². The second kappa shape index (κ2) is 7.79. The molecule has 7 heteroatoms. The zero-order chi connectivity index (χ0) is 15.9. The van der Waals surface area contributed by atoms with Crippen LogP contribution in [0.2, 0.25) is 5.02 Å². The molecule has 22 heavy (non-hydrogen) atoms. The smallest absolute Gasteiger partial charge is 0.315 e. The molecule has 0 unspecified atom stereocenters. The highest BCUT2D eigenvalue weighted by Gasteiger charge is 2.10. The highest BCUT2D eigenvalue weighted by Crippen LogP contribution is 2.19. The van der Waals surface area contributed by atoms with Crippen LogP contribution in [0.1, 0.15) is 26.2 Å². The Morgan fingerprint density at radius 2 is 2.18 bits per heavy atom. The van der Waals surface area contributed by atoms with Crippen LogP contribution in [0.5, 0.6) is 0 Å². The predicted octanol–water partition coefficient (Wildman–Crippen LogP) is 3.24. The molecule has 0 saturated carbocycles. The summed E-state index contributed by atoms with van der Waals surface area (Å²) in [5.41, 5.74) is 0.767. The highest BCUT2D eigenvalue weighted by atomic mass is 35.5. The Morgan fingerprint density at radius 1 is 1.36 bits per heavy atom. The number of carbonyl (C=O) groups excluding carboxylic acids is 1. The summed E-state index contributed by atoms with van der Waals surface area (Å²) < 4.78 is 5.11. The summed E-state index contributed by atoms with van der Waals surface area (Å²) in [5.74, 6) is 1.34. The second-order valence-electron chi connectivity index (χ2n) is 5.31. The average molecular weight is 323 g/mol. The van der Waals surface area contributed by atoms with Gasteiger partial charge in [0, 0.05) is 17.1 Å². The van der Waals surface area contributed by atoms with Crippen LogP contribution in [0.15, 0.2) is 28.8 Å². The monoisotopic (exact) mass is 322 g/mol. The van der Waals surface area contributed by atoms with Crippen molar-refractivity contribution in [2.75, 3.05) is 6.54 Å². The van der Waals surface area contributed by atoms with Crippen molar-refractivity contribution in [1.82, 2.24) is 20.8 Å². The molecule has 1 aromatic heterocycles. The van der Waals surface area contributed by atoms with Crippen molar-refractivity contribution in [3.8, 4) is 11.4 Å². The van der Waals surface area contributed by atoms with Crippen molar-refractivity contribution in [3.05, 3.63) is 35.2 Å². The number of aromatic nitrogens is 2. The van der Waals surface area contributed by atoms with Gasteiger partial charge in [-0.1, -0.05) is 42.7 Å². The molecule has 0 fully saturated rings. The van der Waals surface area contributed by atoms with Gasteiger partial charge in [0.1, 0.15) is 0 Å². The third kappa shape index (κ3) is 5.04. The lowest BCUT2D eigenvalue weighted by molar-refractivity contribution is 0.238. The SMILES string of the molecule is CC(C)CCNC(=O)NCc1nc(-c2cccc(Cl)c2)no1. The Bertz CT molecular complexity index is 628. The van der Waals surface area contributed by atoms with Gasteiger partial charge in [-0.2, -0.15) is 4.98 Å². The Morgan fingerprint density at radius 3 is 2.91 bits per heavy atom. The standard InChI is InChI=1S/C15H19ClN4O2/c1-10(2)6-7-17-15(21)18-9-13-19-14(20-22-13)11-4-3-5-12(16)8-11/h3-5,8,10H,6-7,9H2,1-2H3,(H2,17,18,21). The first-order valence-electron chi connectivity index (χ1n) is 7.15. The van der Waals surface area contributed by atoms with E-state index in [1.54, 1.807) is 12.1 Å². The number of halogens is 1. The van der Waals surface area contributed by atoms with Gasteiger partial charge in [0.05, 0.1) is 6.54 Å². The van der Waals surface area contributed by atoms with E-state index in [0.717, 1.165) is 12.0 Å². The first kappa shape index (κ1) is 16.3. The van der Waals surface area contributed by atoms with Gasteiger partial charge < -0.3 is 15.2 Å². The van der Waals surface area contributed by atoms with Gasteiger partial charge in [0.15, 0.2) is 0 Å². The fraction of sp³-hybridized carbons (Fsp3) is 0.400. The summed E-state index contributed by atoms with van der Waals surface area (Å²) in [5, 5.41) is 9.93. The lowest BCUT2D eigenvalue weighted by Gasteiger charge is -2.07. The number of urea groups is 1. The van der Waals surface area contributed by atoms with Crippen molar-refractivity contribution in [3.63, 3.8) is 0 Å². The third-order valence-corrected chi connectivity index (χ3v) is 3.19. The van der Waals surface area contributed by atoms with Crippen molar-refractivity contribution in [2.45, 2.75) is 26.8 Å². The first-order valence-corrected chi connectivity index (χ1v) is 7.52. The number of carbonyl (C=O) groups is 1. The predicted molar refractivity (Wildman–Crippen MR) is 84.4 cm³/mol. The molecule has 6 nitrogen and oxygen atoms in total. The van der Waals surface area contributed by atoms with Gasteiger partial charge in [-0.15, -0.1) is 0 Å². The van der Waals surface area contributed by atoms with Crippen molar-refractivity contribution < 1.29 is 9.32 Å². The van der Waals surface area contributed by atoms with Crippen LogP contribution in [-0.2, 0) is 6.54 Å². The normalized spacial score (nSPS) is 10.7. The molecule has 0 aliphatic heterocycles. The number of nitrogens with zero attached hydrogens (tertiary/aromatic N) is 2. The topological polar surface area (TPSA) is 80.0 Å². The molecule has 2 aromatic rings. The quantitative estimate of drug-likeness (QED) is 0.855. The van der Waals surface area contributed by atoms with Crippen molar-refractivity contribution in [1.29, 1.82) is 0 Å². The lowest BCUT2D eigenvalue weighted by Crippen LogP contribution is -2.36. The maximum atomic E-state index is 11.6. The van der Waals surface area contributed by atoms with E-state index in [1.807, 2.05) is 12.1 Å². The molecule has 2 N–H and O–H groups in total. The molecule has 1 aromatic carbocycles. The van der Waals surface area contributed by atoms with Crippen LogP contribution < -0.4 is 10.6 Å². The van der Waals surface area contributed by atoms with Crippen LogP contribution in [0.3, 0.4) is 0 Å². The summed E-state index contributed by atoms with van der Waals surface area (Å²) in [4.78, 5) is 15.8. The van der Waals surface area contributed by atoms with Crippen LogP contribution in [0.4, 0.5) is 4.79 Å². The van der Waals surface area contributed by atoms with Gasteiger partial charge in [-0.25, -0.2) is 4.79 Å². The lowest BCUT2D eigenvalue weighted by atomic mass is 10.1. The van der Waals surface area contributed by atoms with Crippen molar-refractivity contribution in [2.24, 2.45) is 5.92 Å². The van der Waals surface area contributed by atoms with Crippen LogP contribution in [0.25, 0.3) is 11.4 Å². The van der Waals surface area contributed by atoms with Gasteiger partial charge in [-0.05, 0) is 24.5 Å². The largest absolute Gasteiger partial charge is 0.338 e. The number of amides is 2. The van der Waals surface area contributed by atoms with Gasteiger partial charge >= 0.3 is 6.03 Å². The number of rotatable bonds is 6. The molecule has 1 heterocycles. The molecular formula is C15H19ClN4O2. The van der Waals surface area contributed by atoms with E-state index in [2.05, 4.69) is 34.6 Å². The minimum Gasteiger partial charge on any atom is -0.338 e. The molecule has 0 atom stereocenters. The zero-order valence-corrected chi connectivity index (χ0v) is 13.4. The van der Waals surface area contributed by atoms with Gasteiger partial charge in [0.25, 0.3) is 0 Å². The van der Waals surface area contributed by atoms with E-state index >= 15 is 0 Å². The number of nitrogens with one attached hydrogen (secondary N) is 2. The molecule has 118 valence electrons. The highest BCUT2D eigenvalue weighted by molar-refractivity contribution is 6.30. The minimum absolute atomic E-state index is 0.182. The Hall–Kier alpha value is -2.08. The van der Waals surface area contributed by atoms with E-state index in [9.17, 15) is 4.79 Å². The summed E-state index contributed by atoms with van der Waals surface area (Å²) in [6, 6.07) is 6.93. The van der Waals surface area contributed by atoms with Crippen LogP contribution in [0, 0.1) is 5.92 Å². The maximum absolute atomic E-state index is 11.6. The molecule has 0 bridgehead atoms. The molecule has 0 saturated heterocycles. The van der Waals surface area contributed by atoms with E-state index in [-0.39, 0.29) is 12.6 Å². The Balaban J connectivity index is 1.83. The molecule has 2 amide bonds. The molecule has 0 aliphatic carbocycles. The van der Waals surface area contributed by atoms with E-state index < -0.39 is 0 Å². The number of hydrogen-bond donors (Lipinski definition) is 2.